The predicted molar refractivity (Wildman–Crippen MR) is 75.9 cm³/mol. The lowest BCUT2D eigenvalue weighted by atomic mass is 10.3. The Bertz CT molecular complexity index is 846. The molecule has 1 aromatic carbocycles. The van der Waals surface area contributed by atoms with Crippen LogP contribution in [-0.4, -0.2) is 37.9 Å². The summed E-state index contributed by atoms with van der Waals surface area (Å²) in [6, 6.07) is 3.50. The lowest BCUT2D eigenvalue weighted by Gasteiger charge is -2.11. The summed E-state index contributed by atoms with van der Waals surface area (Å²) < 4.78 is 53.1. The van der Waals surface area contributed by atoms with Crippen molar-refractivity contribution in [1.29, 1.82) is 0 Å². The van der Waals surface area contributed by atoms with Crippen LogP contribution in [0, 0.1) is 0 Å². The van der Waals surface area contributed by atoms with Crippen LogP contribution >= 0.6 is 11.5 Å². The summed E-state index contributed by atoms with van der Waals surface area (Å²) in [5.41, 5.74) is 2.23. The molecule has 4 N–H and O–H groups in total. The average molecular weight is 350 g/mol. The number of nitrogens with zero attached hydrogens (tertiary/aromatic N) is 3. The van der Waals surface area contributed by atoms with Crippen LogP contribution in [0.4, 0.5) is 10.8 Å². The molecule has 1 aromatic heterocycles. The van der Waals surface area contributed by atoms with Crippen LogP contribution in [0.3, 0.4) is 0 Å². The molecule has 1 heterocycles. The fourth-order valence-electron chi connectivity index (χ4n) is 1.42. The summed E-state index contributed by atoms with van der Waals surface area (Å²) in [5.74, 6) is 5.25. The van der Waals surface area contributed by atoms with Gasteiger partial charge in [0.15, 0.2) is 9.84 Å². The maximum atomic E-state index is 12.3. The molecule has 0 amide bonds. The molecule has 0 aliphatic heterocycles. The minimum Gasteiger partial charge on any atom is -0.323 e. The molecule has 0 atom stereocenters. The van der Waals surface area contributed by atoms with Crippen molar-refractivity contribution in [3.05, 3.63) is 18.2 Å². The monoisotopic (exact) mass is 350 g/mol. The predicted octanol–water partition coefficient (Wildman–Crippen LogP) is -0.577. The number of aromatic nitrogens is 3. The number of benzene rings is 1. The van der Waals surface area contributed by atoms with E-state index in [4.69, 9.17) is 5.84 Å². The molecule has 0 spiro atoms. The number of hydrazine groups is 1. The molecular weight excluding hydrogens is 340 g/mol. The fourth-order valence-corrected chi connectivity index (χ4v) is 3.92. The second-order valence-corrected chi connectivity index (χ2v) is 8.25. The summed E-state index contributed by atoms with van der Waals surface area (Å²) >= 11 is 0.735. The van der Waals surface area contributed by atoms with Crippen LogP contribution in [0.2, 0.25) is 0 Å². The zero-order chi connectivity index (χ0) is 15.7. The minimum absolute atomic E-state index is 0.0346. The van der Waals surface area contributed by atoms with Crippen molar-refractivity contribution in [3.63, 3.8) is 0 Å². The van der Waals surface area contributed by atoms with E-state index in [1.165, 1.54) is 12.1 Å². The van der Waals surface area contributed by atoms with Gasteiger partial charge in [0.1, 0.15) is 4.90 Å². The first kappa shape index (κ1) is 15.6. The maximum Gasteiger partial charge on any atom is 0.265 e. The molecule has 0 unspecified atom stereocenters. The number of hydrogen-bond donors (Lipinski definition) is 3. The van der Waals surface area contributed by atoms with E-state index in [2.05, 4.69) is 24.9 Å². The fraction of sp³-hybridized carbons (Fsp3) is 0.125. The maximum absolute atomic E-state index is 12.3. The van der Waals surface area contributed by atoms with Gasteiger partial charge >= 0.3 is 0 Å². The van der Waals surface area contributed by atoms with Gasteiger partial charge in [0, 0.05) is 17.8 Å². The Kier molecular flexibility index (Phi) is 4.08. The van der Waals surface area contributed by atoms with Crippen LogP contribution in [0.15, 0.2) is 28.0 Å². The highest BCUT2D eigenvalue weighted by Crippen LogP contribution is 2.26. The second kappa shape index (κ2) is 5.51. The van der Waals surface area contributed by atoms with E-state index in [-0.39, 0.29) is 20.6 Å². The zero-order valence-corrected chi connectivity index (χ0v) is 13.0. The first-order valence-electron chi connectivity index (χ1n) is 5.22. The summed E-state index contributed by atoms with van der Waals surface area (Å²) in [6.07, 6.45) is 0.969. The van der Waals surface area contributed by atoms with Gasteiger partial charge in [-0.2, -0.15) is 0 Å². The number of sulfonamides is 1. The largest absolute Gasteiger partial charge is 0.323 e. The Hall–Kier alpha value is -1.83. The van der Waals surface area contributed by atoms with Gasteiger partial charge in [-0.15, -0.1) is 0 Å². The number of nitrogen functional groups attached to an aromatic ring is 1. The molecule has 0 saturated carbocycles. The highest BCUT2D eigenvalue weighted by molar-refractivity contribution is 7.93. The van der Waals surface area contributed by atoms with E-state index < -0.39 is 19.9 Å². The van der Waals surface area contributed by atoms with Crippen molar-refractivity contribution in [2.75, 3.05) is 16.4 Å². The molecule has 21 heavy (non-hydrogen) atoms. The summed E-state index contributed by atoms with van der Waals surface area (Å²) in [6.45, 7) is 0. The molecule has 114 valence electrons. The molecular formula is C8H10N6O4S3. The Balaban J connectivity index is 2.55. The molecule has 13 heteroatoms. The average Bonchev–Trinajstić information content (AvgIpc) is 2.89. The quantitative estimate of drug-likeness (QED) is 0.474. The van der Waals surface area contributed by atoms with E-state index in [0.29, 0.717) is 0 Å². The van der Waals surface area contributed by atoms with E-state index in [0.717, 1.165) is 23.9 Å². The van der Waals surface area contributed by atoms with Gasteiger partial charge in [-0.3, -0.25) is 10.6 Å². The minimum atomic E-state index is -4.10. The van der Waals surface area contributed by atoms with E-state index >= 15 is 0 Å². The summed E-state index contributed by atoms with van der Waals surface area (Å²) in [7, 11) is -7.67. The van der Waals surface area contributed by atoms with Gasteiger partial charge in [-0.05, 0) is 23.4 Å². The van der Waals surface area contributed by atoms with Crippen molar-refractivity contribution in [1.82, 2.24) is 14.8 Å². The zero-order valence-electron chi connectivity index (χ0n) is 10.5. The standard InChI is InChI=1S/C8H10N6O4S3/c1-20(15,16)5-2-3-6(10-9)7(4-5)21(17,18)12-8-11-13-14-19-8/h2-4,10H,9H2,1H3,(H,11,12,14). The molecule has 2 aromatic rings. The van der Waals surface area contributed by atoms with E-state index in [9.17, 15) is 16.8 Å². The Morgan fingerprint density at radius 3 is 2.48 bits per heavy atom. The highest BCUT2D eigenvalue weighted by atomic mass is 32.2. The van der Waals surface area contributed by atoms with Gasteiger partial charge in [0.05, 0.1) is 10.6 Å². The first-order chi connectivity index (χ1) is 9.74. The summed E-state index contributed by atoms with van der Waals surface area (Å²) in [4.78, 5) is -0.486. The van der Waals surface area contributed by atoms with Gasteiger partial charge in [0.2, 0.25) is 5.13 Å². The molecule has 0 radical (unpaired) electrons. The van der Waals surface area contributed by atoms with Gasteiger partial charge in [0.25, 0.3) is 10.0 Å². The van der Waals surface area contributed by atoms with Gasteiger partial charge in [-0.25, -0.2) is 16.8 Å². The van der Waals surface area contributed by atoms with E-state index in [1.807, 2.05) is 0 Å². The van der Waals surface area contributed by atoms with Crippen molar-refractivity contribution in [2.45, 2.75) is 9.79 Å². The third kappa shape index (κ3) is 3.44. The molecule has 0 aliphatic carbocycles. The van der Waals surface area contributed by atoms with Crippen molar-refractivity contribution in [3.8, 4) is 0 Å². The second-order valence-electron chi connectivity index (χ2n) is 3.85. The summed E-state index contributed by atoms with van der Waals surface area (Å²) in [5, 5.41) is 6.65. The smallest absolute Gasteiger partial charge is 0.265 e. The SMILES string of the molecule is CS(=O)(=O)c1ccc(NN)c(S(=O)(=O)Nc2nnns2)c1. The number of rotatable bonds is 5. The molecule has 0 bridgehead atoms. The Morgan fingerprint density at radius 2 is 1.95 bits per heavy atom. The molecule has 0 saturated heterocycles. The molecule has 0 aliphatic rings. The number of nitrogens with two attached hydrogens (primary N) is 1. The van der Waals surface area contributed by atoms with Crippen LogP contribution in [0.5, 0.6) is 0 Å². The number of nitrogens with one attached hydrogen (secondary N) is 2. The normalized spacial score (nSPS) is 12.1. The van der Waals surface area contributed by atoms with Crippen molar-refractivity contribution >= 4 is 42.2 Å². The lowest BCUT2D eigenvalue weighted by Crippen LogP contribution is -2.18. The number of anilines is 2. The third-order valence-electron chi connectivity index (χ3n) is 2.35. The highest BCUT2D eigenvalue weighted by Gasteiger charge is 2.22. The van der Waals surface area contributed by atoms with Gasteiger partial charge < -0.3 is 5.43 Å². The molecule has 0 fully saturated rings. The number of hydrogen-bond acceptors (Lipinski definition) is 10. The van der Waals surface area contributed by atoms with E-state index in [1.54, 1.807) is 0 Å². The first-order valence-corrected chi connectivity index (χ1v) is 9.37. The van der Waals surface area contributed by atoms with Crippen LogP contribution in [0.25, 0.3) is 0 Å². The van der Waals surface area contributed by atoms with Crippen LogP contribution in [0.1, 0.15) is 0 Å². The van der Waals surface area contributed by atoms with Crippen LogP contribution < -0.4 is 16.0 Å². The Labute approximate surface area is 124 Å². The van der Waals surface area contributed by atoms with Crippen molar-refractivity contribution in [2.24, 2.45) is 5.84 Å². The van der Waals surface area contributed by atoms with Crippen molar-refractivity contribution < 1.29 is 16.8 Å². The Morgan fingerprint density at radius 1 is 1.24 bits per heavy atom. The molecule has 10 nitrogen and oxygen atoms in total. The van der Waals surface area contributed by atoms with Crippen LogP contribution in [-0.2, 0) is 19.9 Å². The third-order valence-corrected chi connectivity index (χ3v) is 5.48. The lowest BCUT2D eigenvalue weighted by molar-refractivity contribution is 0.600. The van der Waals surface area contributed by atoms with Gasteiger partial charge in [-0.1, -0.05) is 9.59 Å². The molecule has 2 rings (SSSR count). The number of sulfone groups is 1. The topological polar surface area (TPSA) is 157 Å².